The highest BCUT2D eigenvalue weighted by Gasteiger charge is 2.17. The maximum atomic E-state index is 10.4. The summed E-state index contributed by atoms with van der Waals surface area (Å²) in [7, 11) is -3.78. The monoisotopic (exact) mass is 338 g/mol. The van der Waals surface area contributed by atoms with E-state index in [0.29, 0.717) is 12.8 Å². The topological polar surface area (TPSA) is 54.4 Å². The van der Waals surface area contributed by atoms with Crippen LogP contribution in [0.25, 0.3) is 0 Å². The predicted octanol–water partition coefficient (Wildman–Crippen LogP) is 4.76. The van der Waals surface area contributed by atoms with Gasteiger partial charge in [0, 0.05) is 0 Å². The Hall–Kier alpha value is 0.780. The number of alkyl halides is 3. The third-order valence-electron chi connectivity index (χ3n) is 2.61. The zero-order valence-electron chi connectivity index (χ0n) is 10.4. The Balaban J connectivity index is 3.17. The van der Waals surface area contributed by atoms with Crippen LogP contribution in [0.2, 0.25) is 0 Å². The van der Waals surface area contributed by atoms with Gasteiger partial charge in [-0.05, 0) is 19.3 Å². The van der Waals surface area contributed by atoms with Crippen molar-refractivity contribution in [3.8, 4) is 0 Å². The van der Waals surface area contributed by atoms with E-state index in [1.54, 1.807) is 0 Å². The van der Waals surface area contributed by atoms with Gasteiger partial charge in [0.25, 0.3) is 10.1 Å². The Labute approximate surface area is 125 Å². The van der Waals surface area contributed by atoms with E-state index < -0.39 is 13.9 Å². The molecule has 0 aliphatic rings. The summed E-state index contributed by atoms with van der Waals surface area (Å²) >= 11 is 16.9. The lowest BCUT2D eigenvalue weighted by atomic mass is 10.1. The zero-order chi connectivity index (χ0) is 14.1. The summed E-state index contributed by atoms with van der Waals surface area (Å²) in [5.74, 6) is -0.129. The van der Waals surface area contributed by atoms with E-state index >= 15 is 0 Å². The Kier molecular flexibility index (Phi) is 10.1. The molecule has 7 heteroatoms. The molecule has 0 saturated heterocycles. The Bertz CT molecular complexity index is 299. The zero-order valence-corrected chi connectivity index (χ0v) is 13.5. The van der Waals surface area contributed by atoms with Gasteiger partial charge < -0.3 is 0 Å². The van der Waals surface area contributed by atoms with E-state index in [2.05, 4.69) is 0 Å². The van der Waals surface area contributed by atoms with Crippen LogP contribution in [0.3, 0.4) is 0 Å². The minimum atomic E-state index is -3.78. The summed E-state index contributed by atoms with van der Waals surface area (Å²) in [6, 6.07) is 0. The number of rotatable bonds is 10. The van der Waals surface area contributed by atoms with E-state index in [9.17, 15) is 8.42 Å². The molecule has 18 heavy (non-hydrogen) atoms. The third kappa shape index (κ3) is 16.8. The molecule has 0 fully saturated rings. The average Bonchev–Trinajstić information content (AvgIpc) is 2.17. The fourth-order valence-electron chi connectivity index (χ4n) is 1.67. The molecule has 0 bridgehead atoms. The largest absolute Gasteiger partial charge is 0.286 e. The molecule has 1 N–H and O–H groups in total. The van der Waals surface area contributed by atoms with Crippen molar-refractivity contribution in [1.82, 2.24) is 0 Å². The van der Waals surface area contributed by atoms with Crippen LogP contribution in [0.5, 0.6) is 0 Å². The number of unbranched alkanes of at least 4 members (excludes halogenated alkanes) is 7. The molecular formula is C11H21Cl3O3S. The lowest BCUT2D eigenvalue weighted by molar-refractivity contribution is 0.478. The van der Waals surface area contributed by atoms with Crippen molar-refractivity contribution in [2.45, 2.75) is 61.6 Å². The van der Waals surface area contributed by atoms with Crippen LogP contribution in [0.4, 0.5) is 0 Å². The van der Waals surface area contributed by atoms with Crippen molar-refractivity contribution < 1.29 is 13.0 Å². The molecule has 110 valence electrons. The first-order chi connectivity index (χ1) is 8.21. The number of hydrogen-bond donors (Lipinski definition) is 1. The van der Waals surface area contributed by atoms with Gasteiger partial charge in [0.05, 0.1) is 5.75 Å². The van der Waals surface area contributed by atoms with Crippen molar-refractivity contribution in [2.24, 2.45) is 0 Å². The molecule has 0 atom stereocenters. The van der Waals surface area contributed by atoms with Crippen LogP contribution < -0.4 is 0 Å². The first-order valence-electron chi connectivity index (χ1n) is 6.23. The van der Waals surface area contributed by atoms with Crippen molar-refractivity contribution >= 4 is 44.9 Å². The summed E-state index contributed by atoms with van der Waals surface area (Å²) in [4.78, 5) is 0. The van der Waals surface area contributed by atoms with E-state index in [1.807, 2.05) is 0 Å². The molecular weight excluding hydrogens is 319 g/mol. The summed E-state index contributed by atoms with van der Waals surface area (Å²) in [5.41, 5.74) is 0. The van der Waals surface area contributed by atoms with Crippen LogP contribution in [0, 0.1) is 0 Å². The Morgan fingerprint density at radius 1 is 0.778 bits per heavy atom. The summed E-state index contributed by atoms with van der Waals surface area (Å²) < 4.78 is 28.3. The molecule has 0 aromatic rings. The lowest BCUT2D eigenvalue weighted by Crippen LogP contribution is -2.03. The fraction of sp³-hybridized carbons (Fsp3) is 1.00. The van der Waals surface area contributed by atoms with Crippen molar-refractivity contribution in [3.05, 3.63) is 0 Å². The van der Waals surface area contributed by atoms with Crippen LogP contribution in [0.1, 0.15) is 57.8 Å². The predicted molar refractivity (Wildman–Crippen MR) is 78.3 cm³/mol. The molecule has 0 heterocycles. The van der Waals surface area contributed by atoms with Crippen LogP contribution >= 0.6 is 34.8 Å². The highest BCUT2D eigenvalue weighted by molar-refractivity contribution is 7.85. The number of halogens is 3. The van der Waals surface area contributed by atoms with Crippen LogP contribution in [0.15, 0.2) is 0 Å². The fourth-order valence-corrected chi connectivity index (χ4v) is 2.64. The molecule has 0 aromatic carbocycles. The first kappa shape index (κ1) is 18.8. The average molecular weight is 340 g/mol. The van der Waals surface area contributed by atoms with Gasteiger partial charge in [-0.1, -0.05) is 73.3 Å². The van der Waals surface area contributed by atoms with Gasteiger partial charge in [-0.25, -0.2) is 0 Å². The van der Waals surface area contributed by atoms with Crippen LogP contribution in [-0.2, 0) is 10.1 Å². The van der Waals surface area contributed by atoms with Gasteiger partial charge in [-0.15, -0.1) is 0 Å². The van der Waals surface area contributed by atoms with Gasteiger partial charge in [0.2, 0.25) is 0 Å². The summed E-state index contributed by atoms with van der Waals surface area (Å²) in [6.45, 7) is 0. The van der Waals surface area contributed by atoms with Gasteiger partial charge in [0.1, 0.15) is 0 Å². The second-order valence-corrected chi connectivity index (χ2v) is 8.57. The molecule has 0 aromatic heterocycles. The highest BCUT2D eigenvalue weighted by atomic mass is 35.6. The molecule has 0 aliphatic heterocycles. The maximum Gasteiger partial charge on any atom is 0.264 e. The van der Waals surface area contributed by atoms with E-state index in [1.165, 1.54) is 0 Å². The maximum absolute atomic E-state index is 10.4. The summed E-state index contributed by atoms with van der Waals surface area (Å²) in [6.07, 6.45) is 8.24. The minimum Gasteiger partial charge on any atom is -0.286 e. The molecule has 0 amide bonds. The van der Waals surface area contributed by atoms with Gasteiger partial charge in [-0.2, -0.15) is 8.42 Å². The normalized spacial score (nSPS) is 12.9. The molecule has 3 nitrogen and oxygen atoms in total. The third-order valence-corrected chi connectivity index (χ3v) is 3.98. The quantitative estimate of drug-likeness (QED) is 0.355. The van der Waals surface area contributed by atoms with Crippen molar-refractivity contribution in [1.29, 1.82) is 0 Å². The SMILES string of the molecule is O=S(=O)(O)CCCCCCCCCCC(Cl)(Cl)Cl. The highest BCUT2D eigenvalue weighted by Crippen LogP contribution is 2.32. The molecule has 0 aliphatic carbocycles. The Morgan fingerprint density at radius 2 is 1.17 bits per heavy atom. The minimum absolute atomic E-state index is 0.129. The molecule has 0 saturated carbocycles. The van der Waals surface area contributed by atoms with E-state index in [4.69, 9.17) is 39.4 Å². The van der Waals surface area contributed by atoms with Crippen molar-refractivity contribution in [2.75, 3.05) is 5.75 Å². The smallest absolute Gasteiger partial charge is 0.264 e. The second-order valence-electron chi connectivity index (χ2n) is 4.48. The van der Waals surface area contributed by atoms with Gasteiger partial charge >= 0.3 is 0 Å². The molecule has 0 unspecified atom stereocenters. The van der Waals surface area contributed by atoms with Gasteiger partial charge in [0.15, 0.2) is 3.79 Å². The second kappa shape index (κ2) is 9.65. The van der Waals surface area contributed by atoms with E-state index in [0.717, 1.165) is 44.9 Å². The Morgan fingerprint density at radius 3 is 1.56 bits per heavy atom. The van der Waals surface area contributed by atoms with Crippen molar-refractivity contribution in [3.63, 3.8) is 0 Å². The molecule has 0 rings (SSSR count). The van der Waals surface area contributed by atoms with E-state index in [-0.39, 0.29) is 5.75 Å². The number of hydrogen-bond acceptors (Lipinski definition) is 2. The molecule has 0 spiro atoms. The van der Waals surface area contributed by atoms with Gasteiger partial charge in [-0.3, -0.25) is 4.55 Å². The standard InChI is InChI=1S/C11H21Cl3O3S/c12-11(13,14)9-7-5-3-1-2-4-6-8-10-18(15,16)17/h1-10H2,(H,15,16,17). The lowest BCUT2D eigenvalue weighted by Gasteiger charge is -2.09. The molecule has 0 radical (unpaired) electrons. The summed E-state index contributed by atoms with van der Waals surface area (Å²) in [5, 5.41) is 0. The van der Waals surface area contributed by atoms with Crippen LogP contribution in [-0.4, -0.2) is 22.5 Å². The first-order valence-corrected chi connectivity index (χ1v) is 8.97.